The number of benzene rings is 1. The quantitative estimate of drug-likeness (QED) is 0.821. The van der Waals surface area contributed by atoms with E-state index in [2.05, 4.69) is 14.9 Å². The summed E-state index contributed by atoms with van der Waals surface area (Å²) < 4.78 is 39.8. The Labute approximate surface area is 143 Å². The van der Waals surface area contributed by atoms with Gasteiger partial charge in [-0.1, -0.05) is 11.2 Å². The van der Waals surface area contributed by atoms with Crippen LogP contribution < -0.4 is 15.2 Å². The van der Waals surface area contributed by atoms with Crippen molar-refractivity contribution >= 4 is 12.2 Å². The van der Waals surface area contributed by atoms with E-state index in [1.165, 1.54) is 6.07 Å². The number of hydrogen-bond donors (Lipinski definition) is 1. The van der Waals surface area contributed by atoms with Gasteiger partial charge in [-0.3, -0.25) is 0 Å². The summed E-state index contributed by atoms with van der Waals surface area (Å²) in [6.07, 6.45) is 6.11. The van der Waals surface area contributed by atoms with E-state index in [9.17, 15) is 8.78 Å². The van der Waals surface area contributed by atoms with E-state index >= 15 is 0 Å². The van der Waals surface area contributed by atoms with E-state index in [0.717, 1.165) is 24.8 Å². The number of nitrogens with two attached hydrogens (primary N) is 1. The lowest BCUT2D eigenvalue weighted by Crippen LogP contribution is -2.44. The van der Waals surface area contributed by atoms with Crippen LogP contribution in [0.1, 0.15) is 43.5 Å². The summed E-state index contributed by atoms with van der Waals surface area (Å²) in [5, 5.41) is 3.93. The number of nitrogens with zero attached hydrogens (tertiary/aromatic N) is 2. The van der Waals surface area contributed by atoms with Crippen LogP contribution in [0.3, 0.4) is 0 Å². The van der Waals surface area contributed by atoms with Crippen LogP contribution in [0, 0.1) is 0 Å². The van der Waals surface area contributed by atoms with Gasteiger partial charge >= 0.3 is 6.61 Å². The Morgan fingerprint density at radius 2 is 2.12 bits per heavy atom. The predicted octanol–water partition coefficient (Wildman–Crippen LogP) is 3.58. The number of ether oxygens (including phenoxy) is 2. The third kappa shape index (κ3) is 3.96. The van der Waals surface area contributed by atoms with E-state index in [1.807, 2.05) is 0 Å². The highest BCUT2D eigenvalue weighted by molar-refractivity contribution is 5.67. The maximum Gasteiger partial charge on any atom is 0.387 e. The largest absolute Gasteiger partial charge is 0.490 e. The van der Waals surface area contributed by atoms with Gasteiger partial charge in [-0.15, -0.1) is 0 Å². The molecule has 1 heterocycles. The second-order valence-electron chi connectivity index (χ2n) is 5.82. The Kier molecular flexibility index (Phi) is 4.98. The van der Waals surface area contributed by atoms with Gasteiger partial charge in [-0.05, 0) is 50.0 Å². The third-order valence-corrected chi connectivity index (χ3v) is 4.03. The lowest BCUT2D eigenvalue weighted by atomic mass is 9.77. The molecule has 1 fully saturated rings. The molecule has 1 saturated carbocycles. The van der Waals surface area contributed by atoms with E-state index in [4.69, 9.17) is 15.0 Å². The van der Waals surface area contributed by atoms with Crippen LogP contribution >= 0.6 is 0 Å². The van der Waals surface area contributed by atoms with Gasteiger partial charge in [-0.25, -0.2) is 0 Å². The molecule has 1 aliphatic rings. The number of halogens is 2. The van der Waals surface area contributed by atoms with Crippen LogP contribution in [0.25, 0.3) is 12.2 Å². The van der Waals surface area contributed by atoms with Gasteiger partial charge in [0, 0.05) is 6.08 Å². The molecule has 0 radical (unpaired) electrons. The van der Waals surface area contributed by atoms with Crippen molar-refractivity contribution in [2.24, 2.45) is 5.73 Å². The first-order valence-electron chi connectivity index (χ1n) is 8.03. The zero-order chi connectivity index (χ0) is 17.9. The maximum absolute atomic E-state index is 12.4. The monoisotopic (exact) mass is 351 g/mol. The fourth-order valence-corrected chi connectivity index (χ4v) is 2.54. The van der Waals surface area contributed by atoms with Crippen molar-refractivity contribution in [3.63, 3.8) is 0 Å². The van der Waals surface area contributed by atoms with Gasteiger partial charge in [0.1, 0.15) is 0 Å². The topological polar surface area (TPSA) is 83.4 Å². The SMILES string of the molecule is CCOc1cc(/C=C/c2nc(C3(N)CCC3)no2)ccc1OC(F)F. The van der Waals surface area contributed by atoms with E-state index in [1.54, 1.807) is 31.2 Å². The van der Waals surface area contributed by atoms with Crippen molar-refractivity contribution in [3.8, 4) is 11.5 Å². The fourth-order valence-electron chi connectivity index (χ4n) is 2.54. The molecule has 1 aromatic heterocycles. The number of hydrogen-bond acceptors (Lipinski definition) is 6. The van der Waals surface area contributed by atoms with E-state index in [-0.39, 0.29) is 11.5 Å². The standard InChI is InChI=1S/C17H19F2N3O3/c1-2-23-13-10-11(4-6-12(13)24-16(18)19)5-7-14-21-15(22-25-14)17(20)8-3-9-17/h4-7,10,16H,2-3,8-9,20H2,1H3/b7-5+. The number of rotatable bonds is 7. The van der Waals surface area contributed by atoms with Crippen LogP contribution in [0.2, 0.25) is 0 Å². The zero-order valence-electron chi connectivity index (χ0n) is 13.7. The Hall–Kier alpha value is -2.48. The molecule has 3 rings (SSSR count). The molecule has 0 bridgehead atoms. The summed E-state index contributed by atoms with van der Waals surface area (Å²) in [4.78, 5) is 4.29. The molecule has 0 saturated heterocycles. The third-order valence-electron chi connectivity index (χ3n) is 4.03. The van der Waals surface area contributed by atoms with Gasteiger partial charge < -0.3 is 19.7 Å². The highest BCUT2D eigenvalue weighted by Crippen LogP contribution is 2.37. The van der Waals surface area contributed by atoms with E-state index < -0.39 is 12.2 Å². The average Bonchev–Trinajstić information content (AvgIpc) is 3.02. The van der Waals surface area contributed by atoms with Crippen molar-refractivity contribution in [3.05, 3.63) is 35.5 Å². The van der Waals surface area contributed by atoms with Gasteiger partial charge in [0.25, 0.3) is 5.89 Å². The first kappa shape index (κ1) is 17.3. The second kappa shape index (κ2) is 7.18. The van der Waals surface area contributed by atoms with Crippen molar-refractivity contribution < 1.29 is 22.8 Å². The van der Waals surface area contributed by atoms with Gasteiger partial charge in [0.15, 0.2) is 17.3 Å². The molecule has 2 N–H and O–H groups in total. The average molecular weight is 351 g/mol. The van der Waals surface area contributed by atoms with Crippen molar-refractivity contribution in [1.29, 1.82) is 0 Å². The van der Waals surface area contributed by atoms with Crippen molar-refractivity contribution in [2.75, 3.05) is 6.61 Å². The lowest BCUT2D eigenvalue weighted by Gasteiger charge is -2.34. The maximum atomic E-state index is 12.4. The summed E-state index contributed by atoms with van der Waals surface area (Å²) in [5.41, 5.74) is 6.39. The highest BCUT2D eigenvalue weighted by atomic mass is 19.3. The van der Waals surface area contributed by atoms with E-state index in [0.29, 0.717) is 18.3 Å². The van der Waals surface area contributed by atoms with Gasteiger partial charge in [0.05, 0.1) is 12.1 Å². The van der Waals surface area contributed by atoms with Crippen LogP contribution in [0.4, 0.5) is 8.78 Å². The van der Waals surface area contributed by atoms with Crippen molar-refractivity contribution in [1.82, 2.24) is 10.1 Å². The Morgan fingerprint density at radius 1 is 1.32 bits per heavy atom. The van der Waals surface area contributed by atoms with Gasteiger partial charge in [-0.2, -0.15) is 13.8 Å². The molecule has 0 unspecified atom stereocenters. The summed E-state index contributed by atoms with van der Waals surface area (Å²) in [7, 11) is 0. The minimum Gasteiger partial charge on any atom is -0.490 e. The summed E-state index contributed by atoms with van der Waals surface area (Å²) in [6.45, 7) is -0.816. The van der Waals surface area contributed by atoms with Crippen LogP contribution in [0.15, 0.2) is 22.7 Å². The predicted molar refractivity (Wildman–Crippen MR) is 87.2 cm³/mol. The molecule has 8 heteroatoms. The normalized spacial score (nSPS) is 16.2. The summed E-state index contributed by atoms with van der Waals surface area (Å²) in [6, 6.07) is 4.66. The second-order valence-corrected chi connectivity index (χ2v) is 5.82. The lowest BCUT2D eigenvalue weighted by molar-refractivity contribution is -0.0514. The van der Waals surface area contributed by atoms with Crippen LogP contribution in [0.5, 0.6) is 11.5 Å². The zero-order valence-corrected chi connectivity index (χ0v) is 13.7. The Morgan fingerprint density at radius 3 is 2.76 bits per heavy atom. The molecule has 134 valence electrons. The van der Waals surface area contributed by atoms with Gasteiger partial charge in [0.2, 0.25) is 0 Å². The van der Waals surface area contributed by atoms with Crippen LogP contribution in [-0.4, -0.2) is 23.4 Å². The molecule has 0 atom stereocenters. The molecule has 0 aliphatic heterocycles. The minimum atomic E-state index is -2.91. The molecule has 1 aromatic carbocycles. The molecule has 0 amide bonds. The molecular formula is C17H19F2N3O3. The number of alkyl halides is 2. The molecule has 0 spiro atoms. The van der Waals surface area contributed by atoms with Crippen molar-refractivity contribution in [2.45, 2.75) is 38.3 Å². The fraction of sp³-hybridized carbons (Fsp3) is 0.412. The molecule has 25 heavy (non-hydrogen) atoms. The molecule has 1 aliphatic carbocycles. The Bertz CT molecular complexity index is 757. The minimum absolute atomic E-state index is 0.0101. The molecule has 6 nitrogen and oxygen atoms in total. The first-order valence-corrected chi connectivity index (χ1v) is 8.03. The Balaban J connectivity index is 1.75. The van der Waals surface area contributed by atoms with Crippen LogP contribution in [-0.2, 0) is 5.54 Å². The first-order chi connectivity index (χ1) is 12.0. The number of aromatic nitrogens is 2. The molecule has 2 aromatic rings. The summed E-state index contributed by atoms with van der Waals surface area (Å²) >= 11 is 0. The smallest absolute Gasteiger partial charge is 0.387 e. The molecular weight excluding hydrogens is 332 g/mol. The highest BCUT2D eigenvalue weighted by Gasteiger charge is 2.38. The summed E-state index contributed by atoms with van der Waals surface area (Å²) in [5.74, 6) is 1.07.